The molecule has 17 nitrogen and oxygen atoms in total. The van der Waals surface area contributed by atoms with E-state index in [1.165, 1.54) is 19.3 Å². The largest absolute Gasteiger partial charge is 0.472 e. The van der Waals surface area contributed by atoms with Gasteiger partial charge in [0.15, 0.2) is 24.8 Å². The summed E-state index contributed by atoms with van der Waals surface area (Å²) in [4.78, 5) is 37.0. The fraction of sp³-hybridized carbons (Fsp3) is 0.618. The summed E-state index contributed by atoms with van der Waals surface area (Å²) in [7, 11) is 0. The molecule has 0 spiro atoms. The molecular formula is C34H42O17. The van der Waals surface area contributed by atoms with Crippen molar-refractivity contribution in [1.29, 1.82) is 0 Å². The lowest BCUT2D eigenvalue weighted by Crippen LogP contribution is -2.61. The molecule has 0 radical (unpaired) electrons. The molecule has 5 aliphatic rings. The third kappa shape index (κ3) is 7.54. The van der Waals surface area contributed by atoms with Gasteiger partial charge in [-0.25, -0.2) is 4.79 Å². The fourth-order valence-corrected chi connectivity index (χ4v) is 7.14. The highest BCUT2D eigenvalue weighted by Gasteiger charge is 2.78. The molecule has 0 bridgehead atoms. The lowest BCUT2D eigenvalue weighted by molar-refractivity contribution is -0.347. The van der Waals surface area contributed by atoms with Gasteiger partial charge in [0.1, 0.15) is 48.8 Å². The zero-order chi connectivity index (χ0) is 36.6. The lowest BCUT2D eigenvalue weighted by Gasteiger charge is -2.44. The number of hydrogen-bond acceptors (Lipinski definition) is 17. The van der Waals surface area contributed by atoms with Gasteiger partial charge in [-0.2, -0.15) is 0 Å². The van der Waals surface area contributed by atoms with Crippen molar-refractivity contribution in [3.8, 4) is 0 Å². The van der Waals surface area contributed by atoms with E-state index in [0.29, 0.717) is 0 Å². The van der Waals surface area contributed by atoms with Gasteiger partial charge in [0.25, 0.3) is 0 Å². The molecule has 1 saturated carbocycles. The number of aliphatic hydroxyl groups excluding tert-OH is 5. The van der Waals surface area contributed by atoms with E-state index in [0.717, 1.165) is 19.4 Å². The van der Waals surface area contributed by atoms with Gasteiger partial charge in [-0.15, -0.1) is 0 Å². The topological polar surface area (TPSA) is 239 Å². The van der Waals surface area contributed by atoms with Crippen molar-refractivity contribution in [2.75, 3.05) is 13.2 Å². The predicted octanol–water partition coefficient (Wildman–Crippen LogP) is -1.33. The Morgan fingerprint density at radius 3 is 2.24 bits per heavy atom. The Balaban J connectivity index is 1.27. The second-order valence-corrected chi connectivity index (χ2v) is 13.1. The molecule has 280 valence electrons. The van der Waals surface area contributed by atoms with Crippen LogP contribution >= 0.6 is 0 Å². The molecule has 3 saturated heterocycles. The first-order valence-electron chi connectivity index (χ1n) is 16.5. The first-order chi connectivity index (χ1) is 24.3. The summed E-state index contributed by atoms with van der Waals surface area (Å²) >= 11 is 0. The molecule has 0 amide bonds. The summed E-state index contributed by atoms with van der Waals surface area (Å²) in [5, 5.41) is 51.8. The molecule has 1 aromatic carbocycles. The molecule has 0 aromatic heterocycles. The number of epoxide rings is 1. The molecule has 4 fully saturated rings. The molecule has 1 aromatic rings. The Morgan fingerprint density at radius 1 is 0.843 bits per heavy atom. The Labute approximate surface area is 292 Å². The molecule has 4 aliphatic heterocycles. The molecule has 51 heavy (non-hydrogen) atoms. The zero-order valence-electron chi connectivity index (χ0n) is 27.9. The standard InChI is InChI=1S/C34H42O17/c1-15-23(39)28(46-16(2)36)29(47-17(3)37)33(45-15)49-27-19-11-12-43-31(50-32-26(42)25(41)24(40)20(13-35)48-32)22(19)34(30(27)51-34)14-44-21(38)10-9-18-7-5-4-6-8-18/h4-12,15,19-20,22-33,35,39-42H,13-14H2,1-3H3/b10-9+/t15-,19?,20-,22?,23+,24-,25+,26-,27+,28-,29+,30+,31+,32+,33+,34-/m1/s1. The maximum absolute atomic E-state index is 12.9. The summed E-state index contributed by atoms with van der Waals surface area (Å²) in [6, 6.07) is 9.08. The van der Waals surface area contributed by atoms with Crippen LogP contribution in [0.2, 0.25) is 0 Å². The van der Waals surface area contributed by atoms with Gasteiger partial charge in [0.2, 0.25) is 6.29 Å². The second-order valence-electron chi connectivity index (χ2n) is 13.1. The van der Waals surface area contributed by atoms with Crippen LogP contribution in [0.25, 0.3) is 6.08 Å². The minimum absolute atomic E-state index is 0.313. The molecule has 4 heterocycles. The van der Waals surface area contributed by atoms with E-state index in [1.807, 2.05) is 18.2 Å². The Kier molecular flexibility index (Phi) is 11.1. The molecule has 6 rings (SSSR count). The third-order valence-electron chi connectivity index (χ3n) is 9.66. The Hall–Kier alpha value is -3.49. The normalized spacial score (nSPS) is 42.7. The van der Waals surface area contributed by atoms with Crippen LogP contribution in [0.3, 0.4) is 0 Å². The first kappa shape index (κ1) is 37.3. The quantitative estimate of drug-likeness (QED) is 0.0769. The van der Waals surface area contributed by atoms with Gasteiger partial charge in [-0.3, -0.25) is 9.59 Å². The summed E-state index contributed by atoms with van der Waals surface area (Å²) < 4.78 is 52.5. The van der Waals surface area contributed by atoms with Crippen LogP contribution in [0.15, 0.2) is 48.7 Å². The maximum atomic E-state index is 12.9. The number of rotatable bonds is 11. The van der Waals surface area contributed by atoms with Crippen molar-refractivity contribution >= 4 is 24.0 Å². The van der Waals surface area contributed by atoms with Crippen LogP contribution in [0.5, 0.6) is 0 Å². The van der Waals surface area contributed by atoms with Crippen molar-refractivity contribution in [2.45, 2.75) is 106 Å². The SMILES string of the molecule is CC(=O)O[C@@H]1[C@H](O[C@H]2C3C=CO[C@@H](O[C@@H]4O[C@H](CO)[C@@H](O)[C@H](O)[C@H]4O)C3[C@@]3(COC(=O)/C=C/c4ccccc4)O[C@@H]23)O[C@H](C)[C@H](O)[C@H]1OC(C)=O. The number of esters is 3. The van der Waals surface area contributed by atoms with E-state index in [-0.39, 0.29) is 6.61 Å². The summed E-state index contributed by atoms with van der Waals surface area (Å²) in [6.45, 7) is 2.80. The van der Waals surface area contributed by atoms with Crippen molar-refractivity contribution in [2.24, 2.45) is 11.8 Å². The van der Waals surface area contributed by atoms with Crippen LogP contribution in [0, 0.1) is 11.8 Å². The van der Waals surface area contributed by atoms with E-state index in [9.17, 15) is 39.9 Å². The van der Waals surface area contributed by atoms with Gasteiger partial charge < -0.3 is 68.2 Å². The molecule has 16 atom stereocenters. The average molecular weight is 723 g/mol. The van der Waals surface area contributed by atoms with E-state index >= 15 is 0 Å². The molecular weight excluding hydrogens is 680 g/mol. The second kappa shape index (κ2) is 15.2. The number of carbonyl (C=O) groups is 3. The maximum Gasteiger partial charge on any atom is 0.330 e. The number of aliphatic hydroxyl groups is 5. The highest BCUT2D eigenvalue weighted by Crippen LogP contribution is 2.61. The Morgan fingerprint density at radius 2 is 1.55 bits per heavy atom. The van der Waals surface area contributed by atoms with Crippen LogP contribution in [0.1, 0.15) is 26.3 Å². The van der Waals surface area contributed by atoms with Gasteiger partial charge in [-0.05, 0) is 24.6 Å². The number of hydrogen-bond donors (Lipinski definition) is 5. The van der Waals surface area contributed by atoms with E-state index in [1.54, 1.807) is 24.3 Å². The van der Waals surface area contributed by atoms with Crippen molar-refractivity contribution in [3.05, 3.63) is 54.3 Å². The van der Waals surface area contributed by atoms with Crippen molar-refractivity contribution < 1.29 is 82.5 Å². The summed E-state index contributed by atoms with van der Waals surface area (Å²) in [5.74, 6) is -3.65. The van der Waals surface area contributed by atoms with Crippen LogP contribution in [0.4, 0.5) is 0 Å². The van der Waals surface area contributed by atoms with Crippen molar-refractivity contribution in [1.82, 2.24) is 0 Å². The monoisotopic (exact) mass is 722 g/mol. The lowest BCUT2D eigenvalue weighted by atomic mass is 9.85. The van der Waals surface area contributed by atoms with Crippen LogP contribution in [-0.2, 0) is 57.0 Å². The van der Waals surface area contributed by atoms with Gasteiger partial charge >= 0.3 is 17.9 Å². The molecule has 17 heteroatoms. The van der Waals surface area contributed by atoms with Gasteiger partial charge in [-0.1, -0.05) is 30.3 Å². The van der Waals surface area contributed by atoms with E-state index < -0.39 is 122 Å². The zero-order valence-corrected chi connectivity index (χ0v) is 27.9. The number of fused-ring (bicyclic) bond motifs is 3. The minimum Gasteiger partial charge on any atom is -0.472 e. The minimum atomic E-state index is -1.75. The number of benzene rings is 1. The van der Waals surface area contributed by atoms with Crippen molar-refractivity contribution in [3.63, 3.8) is 0 Å². The smallest absolute Gasteiger partial charge is 0.330 e. The highest BCUT2D eigenvalue weighted by atomic mass is 16.8. The third-order valence-corrected chi connectivity index (χ3v) is 9.66. The van der Waals surface area contributed by atoms with Gasteiger partial charge in [0, 0.05) is 25.8 Å². The molecule has 2 unspecified atom stereocenters. The summed E-state index contributed by atoms with van der Waals surface area (Å²) in [6.07, 6.45) is -11.6. The highest BCUT2D eigenvalue weighted by molar-refractivity contribution is 5.87. The van der Waals surface area contributed by atoms with Gasteiger partial charge in [0.05, 0.1) is 31.0 Å². The Bertz CT molecular complexity index is 1470. The molecule has 5 N–H and O–H groups in total. The van der Waals surface area contributed by atoms with E-state index in [2.05, 4.69) is 0 Å². The predicted molar refractivity (Wildman–Crippen MR) is 166 cm³/mol. The molecule has 1 aliphatic carbocycles. The van der Waals surface area contributed by atoms with Crippen LogP contribution in [-0.4, -0.2) is 142 Å². The average Bonchev–Trinajstić information content (AvgIpc) is 3.77. The fourth-order valence-electron chi connectivity index (χ4n) is 7.14. The first-order valence-corrected chi connectivity index (χ1v) is 16.5. The van der Waals surface area contributed by atoms with E-state index in [4.69, 9.17) is 42.6 Å². The summed E-state index contributed by atoms with van der Waals surface area (Å²) in [5.41, 5.74) is -0.538. The number of carbonyl (C=O) groups excluding carboxylic acids is 3. The van der Waals surface area contributed by atoms with Crippen LogP contribution < -0.4 is 0 Å². The number of ether oxygens (including phenoxy) is 9.